The Bertz CT molecular complexity index is 1160. The van der Waals surface area contributed by atoms with Gasteiger partial charge in [-0.25, -0.2) is 4.79 Å². The molecule has 0 spiro atoms. The molecule has 0 aromatic carbocycles. The molecule has 1 aliphatic rings. The lowest BCUT2D eigenvalue weighted by molar-refractivity contribution is -0.912. The number of anilines is 2. The number of thiophene rings is 1. The normalized spacial score (nSPS) is 15.0. The molecule has 3 N–H and O–H groups in total. The Balaban J connectivity index is 1.61. The highest BCUT2D eigenvalue weighted by atomic mass is 32.1. The molecule has 220 valence electrons. The standard InChI is InChI=1S/C27H40N6O6S/c1-19-18-40-24(25(36)28-11-12-32(5)26(37)39-27(2,3)4)23(19)30-22(35)17-33(13-8-6-7-9-14-33)16-21(34)29-20-10-15-38-31-20/h10,15,18H,6-9,11-14,16-17H2,1-5H3,(H2-,28,29,30,31,34,35,36)/p+1. The number of aryl methyl sites for hydroxylation is 1. The Morgan fingerprint density at radius 2 is 1.73 bits per heavy atom. The van der Waals surface area contributed by atoms with Crippen LogP contribution in [0.4, 0.5) is 16.3 Å². The summed E-state index contributed by atoms with van der Waals surface area (Å²) >= 11 is 1.24. The second kappa shape index (κ2) is 13.8. The molecular formula is C27H41N6O6S+. The van der Waals surface area contributed by atoms with E-state index in [1.54, 1.807) is 33.9 Å². The highest BCUT2D eigenvalue weighted by Gasteiger charge is 2.35. The van der Waals surface area contributed by atoms with Crippen LogP contribution in [0.5, 0.6) is 0 Å². The van der Waals surface area contributed by atoms with E-state index in [4.69, 9.17) is 9.26 Å². The van der Waals surface area contributed by atoms with E-state index in [0.29, 0.717) is 34.0 Å². The fourth-order valence-electron chi connectivity index (χ4n) is 4.59. The number of carbonyl (C=O) groups excluding carboxylic acids is 4. The zero-order valence-electron chi connectivity index (χ0n) is 24.0. The first-order valence-corrected chi connectivity index (χ1v) is 14.4. The Labute approximate surface area is 239 Å². The first-order valence-electron chi connectivity index (χ1n) is 13.5. The van der Waals surface area contributed by atoms with Crippen LogP contribution in [0, 0.1) is 6.92 Å². The Hall–Kier alpha value is -3.45. The predicted molar refractivity (Wildman–Crippen MR) is 152 cm³/mol. The van der Waals surface area contributed by atoms with Gasteiger partial charge in [0.05, 0.1) is 18.8 Å². The van der Waals surface area contributed by atoms with Gasteiger partial charge in [0.2, 0.25) is 0 Å². The number of quaternary nitrogens is 1. The summed E-state index contributed by atoms with van der Waals surface area (Å²) in [6, 6.07) is 1.57. The average molecular weight is 578 g/mol. The number of nitrogens with zero attached hydrogens (tertiary/aromatic N) is 3. The molecular weight excluding hydrogens is 536 g/mol. The largest absolute Gasteiger partial charge is 0.444 e. The van der Waals surface area contributed by atoms with Gasteiger partial charge < -0.3 is 34.6 Å². The maximum Gasteiger partial charge on any atom is 0.410 e. The molecule has 0 atom stereocenters. The third-order valence-electron chi connectivity index (χ3n) is 6.56. The van der Waals surface area contributed by atoms with E-state index in [1.165, 1.54) is 22.5 Å². The first kappa shape index (κ1) is 31.1. The maximum atomic E-state index is 13.3. The Morgan fingerprint density at radius 3 is 2.33 bits per heavy atom. The monoisotopic (exact) mass is 577 g/mol. The minimum absolute atomic E-state index is 0.114. The van der Waals surface area contributed by atoms with E-state index in [1.807, 2.05) is 12.3 Å². The molecule has 40 heavy (non-hydrogen) atoms. The minimum Gasteiger partial charge on any atom is -0.444 e. The number of carbonyl (C=O) groups is 4. The highest BCUT2D eigenvalue weighted by Crippen LogP contribution is 2.28. The lowest BCUT2D eigenvalue weighted by Gasteiger charge is -2.36. The van der Waals surface area contributed by atoms with Crippen LogP contribution in [0.1, 0.15) is 61.7 Å². The number of nitrogens with one attached hydrogen (secondary N) is 3. The van der Waals surface area contributed by atoms with Gasteiger partial charge in [0.1, 0.15) is 16.7 Å². The molecule has 2 aromatic heterocycles. The number of hydrogen-bond donors (Lipinski definition) is 3. The molecule has 1 saturated heterocycles. The van der Waals surface area contributed by atoms with Crippen molar-refractivity contribution in [3.63, 3.8) is 0 Å². The minimum atomic E-state index is -0.606. The molecule has 1 fully saturated rings. The van der Waals surface area contributed by atoms with E-state index in [2.05, 4.69) is 21.1 Å². The van der Waals surface area contributed by atoms with Gasteiger partial charge in [-0.05, 0) is 64.3 Å². The van der Waals surface area contributed by atoms with Crippen molar-refractivity contribution < 1.29 is 32.9 Å². The molecule has 2 aromatic rings. The van der Waals surface area contributed by atoms with Crippen LogP contribution in [-0.2, 0) is 14.3 Å². The van der Waals surface area contributed by atoms with Crippen molar-refractivity contribution >= 4 is 46.7 Å². The van der Waals surface area contributed by atoms with Gasteiger partial charge in [-0.3, -0.25) is 14.4 Å². The summed E-state index contributed by atoms with van der Waals surface area (Å²) in [6.45, 7) is 9.37. The van der Waals surface area contributed by atoms with Gasteiger partial charge in [0.25, 0.3) is 17.7 Å². The second-order valence-corrected chi connectivity index (χ2v) is 12.2. The van der Waals surface area contributed by atoms with E-state index in [0.717, 1.165) is 31.2 Å². The van der Waals surface area contributed by atoms with E-state index >= 15 is 0 Å². The van der Waals surface area contributed by atoms with Crippen molar-refractivity contribution in [2.75, 3.05) is 56.9 Å². The van der Waals surface area contributed by atoms with Gasteiger partial charge in [-0.1, -0.05) is 5.16 Å². The fraction of sp³-hybridized carbons (Fsp3) is 0.593. The molecule has 1 aliphatic heterocycles. The number of amides is 4. The van der Waals surface area contributed by atoms with Gasteiger partial charge in [-0.2, -0.15) is 0 Å². The molecule has 3 rings (SSSR count). The van der Waals surface area contributed by atoms with Crippen molar-refractivity contribution in [3.8, 4) is 0 Å². The van der Waals surface area contributed by atoms with Crippen molar-refractivity contribution in [2.24, 2.45) is 0 Å². The van der Waals surface area contributed by atoms with Crippen LogP contribution >= 0.6 is 11.3 Å². The Kier molecular flexibility index (Phi) is 10.7. The van der Waals surface area contributed by atoms with Crippen molar-refractivity contribution in [1.29, 1.82) is 0 Å². The maximum absolute atomic E-state index is 13.3. The van der Waals surface area contributed by atoms with Crippen molar-refractivity contribution in [3.05, 3.63) is 28.2 Å². The zero-order valence-corrected chi connectivity index (χ0v) is 24.8. The number of likely N-dealkylation sites (tertiary alicyclic amines) is 1. The fourth-order valence-corrected chi connectivity index (χ4v) is 5.52. The van der Waals surface area contributed by atoms with Crippen molar-refractivity contribution in [1.82, 2.24) is 15.4 Å². The number of rotatable bonds is 10. The number of ether oxygens (including phenoxy) is 1. The van der Waals surface area contributed by atoms with Crippen LogP contribution in [0.2, 0.25) is 0 Å². The SMILES string of the molecule is Cc1csc(C(=O)NCCN(C)C(=O)OC(C)(C)C)c1NC(=O)C[N+]1(CC(=O)Nc2ccon2)CCCCCC1. The van der Waals surface area contributed by atoms with Gasteiger partial charge in [0.15, 0.2) is 18.9 Å². The smallest absolute Gasteiger partial charge is 0.410 e. The first-order chi connectivity index (χ1) is 18.9. The lowest BCUT2D eigenvalue weighted by atomic mass is 10.2. The molecule has 0 saturated carbocycles. The molecule has 0 bridgehead atoms. The number of aromatic nitrogens is 1. The summed E-state index contributed by atoms with van der Waals surface area (Å²) < 4.78 is 10.5. The van der Waals surface area contributed by atoms with Gasteiger partial charge in [-0.15, -0.1) is 11.3 Å². The topological polar surface area (TPSA) is 143 Å². The number of hydrogen-bond acceptors (Lipinski definition) is 8. The molecule has 0 aliphatic carbocycles. The molecule has 0 radical (unpaired) electrons. The van der Waals surface area contributed by atoms with Crippen molar-refractivity contribution in [2.45, 2.75) is 59.0 Å². The van der Waals surface area contributed by atoms with Crippen LogP contribution in [0.15, 0.2) is 22.2 Å². The van der Waals surface area contributed by atoms with Crippen LogP contribution in [0.3, 0.4) is 0 Å². The van der Waals surface area contributed by atoms with Gasteiger partial charge in [0, 0.05) is 26.2 Å². The predicted octanol–water partition coefficient (Wildman–Crippen LogP) is 3.61. The number of likely N-dealkylation sites (N-methyl/N-ethyl adjacent to an activating group) is 1. The summed E-state index contributed by atoms with van der Waals surface area (Å²) in [5, 5.41) is 14.1. The van der Waals surface area contributed by atoms with Crippen LogP contribution in [-0.4, -0.2) is 90.3 Å². The van der Waals surface area contributed by atoms with E-state index in [9.17, 15) is 19.2 Å². The molecule has 12 nitrogen and oxygen atoms in total. The Morgan fingerprint density at radius 1 is 1.07 bits per heavy atom. The van der Waals surface area contributed by atoms with E-state index < -0.39 is 11.7 Å². The lowest BCUT2D eigenvalue weighted by Crippen LogP contribution is -2.56. The zero-order chi connectivity index (χ0) is 29.3. The van der Waals surface area contributed by atoms with Gasteiger partial charge >= 0.3 is 6.09 Å². The average Bonchev–Trinajstić information content (AvgIpc) is 3.43. The summed E-state index contributed by atoms with van der Waals surface area (Å²) in [5.41, 5.74) is 0.638. The summed E-state index contributed by atoms with van der Waals surface area (Å²) in [7, 11) is 1.61. The molecule has 13 heteroatoms. The molecule has 3 heterocycles. The quantitative estimate of drug-likeness (QED) is 0.366. The van der Waals surface area contributed by atoms with E-state index in [-0.39, 0.29) is 43.9 Å². The third kappa shape index (κ3) is 9.33. The summed E-state index contributed by atoms with van der Waals surface area (Å²) in [5.74, 6) is -0.482. The molecule has 4 amide bonds. The highest BCUT2D eigenvalue weighted by molar-refractivity contribution is 7.13. The van der Waals surface area contributed by atoms with Crippen LogP contribution in [0.25, 0.3) is 0 Å². The van der Waals surface area contributed by atoms with Crippen LogP contribution < -0.4 is 16.0 Å². The second-order valence-electron chi connectivity index (χ2n) is 11.3. The molecule has 0 unspecified atom stereocenters. The summed E-state index contributed by atoms with van der Waals surface area (Å²) in [4.78, 5) is 53.1. The summed E-state index contributed by atoms with van der Waals surface area (Å²) in [6.07, 6.45) is 4.88. The third-order valence-corrected chi connectivity index (χ3v) is 7.66.